The van der Waals surface area contributed by atoms with Gasteiger partial charge >= 0.3 is 0 Å². The van der Waals surface area contributed by atoms with Crippen LogP contribution >= 0.6 is 0 Å². The summed E-state index contributed by atoms with van der Waals surface area (Å²) in [5.74, 6) is 2.46. The minimum absolute atomic E-state index is 0.340. The van der Waals surface area contributed by atoms with Gasteiger partial charge in [-0.05, 0) is 37.3 Å². The zero-order valence-electron chi connectivity index (χ0n) is 13.3. The quantitative estimate of drug-likeness (QED) is 0.851. The van der Waals surface area contributed by atoms with E-state index in [2.05, 4.69) is 31.7 Å². The van der Waals surface area contributed by atoms with Gasteiger partial charge in [-0.15, -0.1) is 0 Å². The van der Waals surface area contributed by atoms with Crippen LogP contribution in [0, 0.1) is 11.8 Å². The number of piperidine rings is 1. The minimum Gasteiger partial charge on any atom is -0.467 e. The second kappa shape index (κ2) is 5.85. The van der Waals surface area contributed by atoms with Crippen LogP contribution in [0.2, 0.25) is 0 Å². The van der Waals surface area contributed by atoms with Crippen molar-refractivity contribution in [3.05, 3.63) is 23.3 Å². The SMILES string of the molecule is CC1CC(C)C(C)N(Cc2cc(N)cc3c2OCOC3)C1. The highest BCUT2D eigenvalue weighted by Gasteiger charge is 2.29. The number of fused-ring (bicyclic) bond motifs is 1. The fourth-order valence-electron chi connectivity index (χ4n) is 3.70. The molecule has 116 valence electrons. The van der Waals surface area contributed by atoms with Crippen LogP contribution in [0.15, 0.2) is 12.1 Å². The van der Waals surface area contributed by atoms with E-state index < -0.39 is 0 Å². The molecule has 21 heavy (non-hydrogen) atoms. The number of ether oxygens (including phenoxy) is 2. The first-order valence-electron chi connectivity index (χ1n) is 7.90. The van der Waals surface area contributed by atoms with Crippen molar-refractivity contribution in [3.8, 4) is 5.75 Å². The molecule has 1 saturated heterocycles. The van der Waals surface area contributed by atoms with Gasteiger partial charge in [0.2, 0.25) is 0 Å². The van der Waals surface area contributed by atoms with Gasteiger partial charge in [-0.2, -0.15) is 0 Å². The average molecular weight is 290 g/mol. The molecule has 4 nitrogen and oxygen atoms in total. The summed E-state index contributed by atoms with van der Waals surface area (Å²) in [5, 5.41) is 0. The Bertz CT molecular complexity index is 518. The molecule has 3 atom stereocenters. The van der Waals surface area contributed by atoms with Crippen LogP contribution in [0.1, 0.15) is 38.3 Å². The molecule has 1 aromatic rings. The monoisotopic (exact) mass is 290 g/mol. The molecule has 3 rings (SSSR count). The third-order valence-electron chi connectivity index (χ3n) is 4.90. The predicted molar refractivity (Wildman–Crippen MR) is 84.0 cm³/mol. The normalized spacial score (nSPS) is 29.8. The van der Waals surface area contributed by atoms with Crippen molar-refractivity contribution < 1.29 is 9.47 Å². The Labute approximate surface area is 127 Å². The first kappa shape index (κ1) is 14.7. The zero-order valence-corrected chi connectivity index (χ0v) is 13.3. The van der Waals surface area contributed by atoms with Crippen molar-refractivity contribution in [2.75, 3.05) is 19.1 Å². The molecule has 0 aliphatic carbocycles. The third-order valence-corrected chi connectivity index (χ3v) is 4.90. The number of hydrogen-bond acceptors (Lipinski definition) is 4. The molecule has 1 aromatic carbocycles. The van der Waals surface area contributed by atoms with Gasteiger partial charge in [0, 0.05) is 35.9 Å². The Kier molecular flexibility index (Phi) is 4.09. The Morgan fingerprint density at radius 1 is 1.29 bits per heavy atom. The number of nitrogens with two attached hydrogens (primary N) is 1. The van der Waals surface area contributed by atoms with E-state index in [4.69, 9.17) is 15.2 Å². The number of likely N-dealkylation sites (tertiary alicyclic amines) is 1. The third kappa shape index (κ3) is 3.01. The van der Waals surface area contributed by atoms with E-state index in [0.717, 1.165) is 41.9 Å². The second-order valence-corrected chi connectivity index (χ2v) is 6.77. The lowest BCUT2D eigenvalue weighted by Crippen LogP contribution is -2.45. The van der Waals surface area contributed by atoms with E-state index in [1.165, 1.54) is 12.0 Å². The Hall–Kier alpha value is -1.26. The van der Waals surface area contributed by atoms with Crippen LogP contribution in [-0.2, 0) is 17.9 Å². The zero-order chi connectivity index (χ0) is 15.0. The van der Waals surface area contributed by atoms with E-state index >= 15 is 0 Å². The Morgan fingerprint density at radius 2 is 2.10 bits per heavy atom. The largest absolute Gasteiger partial charge is 0.467 e. The van der Waals surface area contributed by atoms with E-state index in [1.807, 2.05) is 6.07 Å². The van der Waals surface area contributed by atoms with Gasteiger partial charge in [0.15, 0.2) is 6.79 Å². The van der Waals surface area contributed by atoms with Crippen LogP contribution < -0.4 is 10.5 Å². The Morgan fingerprint density at radius 3 is 2.90 bits per heavy atom. The first-order chi connectivity index (χ1) is 10.0. The number of hydrogen-bond donors (Lipinski definition) is 1. The summed E-state index contributed by atoms with van der Waals surface area (Å²) in [7, 11) is 0. The van der Waals surface area contributed by atoms with E-state index in [-0.39, 0.29) is 0 Å². The molecule has 0 bridgehead atoms. The van der Waals surface area contributed by atoms with Gasteiger partial charge in [-0.1, -0.05) is 13.8 Å². The maximum absolute atomic E-state index is 6.05. The molecule has 0 spiro atoms. The second-order valence-electron chi connectivity index (χ2n) is 6.77. The van der Waals surface area contributed by atoms with Gasteiger partial charge in [0.1, 0.15) is 5.75 Å². The van der Waals surface area contributed by atoms with Gasteiger partial charge in [0.25, 0.3) is 0 Å². The average Bonchev–Trinajstić information content (AvgIpc) is 2.44. The van der Waals surface area contributed by atoms with Crippen molar-refractivity contribution in [1.29, 1.82) is 0 Å². The molecule has 1 fully saturated rings. The molecule has 3 unspecified atom stereocenters. The number of rotatable bonds is 2. The highest BCUT2D eigenvalue weighted by Crippen LogP contribution is 2.34. The van der Waals surface area contributed by atoms with Crippen molar-refractivity contribution >= 4 is 5.69 Å². The van der Waals surface area contributed by atoms with Crippen LogP contribution in [-0.4, -0.2) is 24.3 Å². The Balaban J connectivity index is 1.85. The summed E-state index contributed by atoms with van der Waals surface area (Å²) in [6.07, 6.45) is 1.32. The maximum atomic E-state index is 6.05. The first-order valence-corrected chi connectivity index (χ1v) is 7.90. The van der Waals surface area contributed by atoms with E-state index in [0.29, 0.717) is 19.4 Å². The summed E-state index contributed by atoms with van der Waals surface area (Å²) in [6.45, 7) is 10.0. The summed E-state index contributed by atoms with van der Waals surface area (Å²) in [6, 6.07) is 4.61. The molecule has 0 amide bonds. The van der Waals surface area contributed by atoms with E-state index in [1.54, 1.807) is 0 Å². The van der Waals surface area contributed by atoms with Crippen molar-refractivity contribution in [2.24, 2.45) is 11.8 Å². The van der Waals surface area contributed by atoms with Gasteiger partial charge in [0.05, 0.1) is 6.61 Å². The van der Waals surface area contributed by atoms with Crippen LogP contribution in [0.25, 0.3) is 0 Å². The lowest BCUT2D eigenvalue weighted by Gasteiger charge is -2.41. The maximum Gasteiger partial charge on any atom is 0.189 e. The smallest absolute Gasteiger partial charge is 0.189 e. The molecule has 2 N–H and O–H groups in total. The van der Waals surface area contributed by atoms with Gasteiger partial charge in [-0.25, -0.2) is 0 Å². The highest BCUT2D eigenvalue weighted by atomic mass is 16.7. The number of nitrogens with zero attached hydrogens (tertiary/aromatic N) is 1. The van der Waals surface area contributed by atoms with Crippen LogP contribution in [0.5, 0.6) is 5.75 Å². The number of anilines is 1. The van der Waals surface area contributed by atoms with Gasteiger partial charge in [-0.3, -0.25) is 4.90 Å². The molecule has 0 aromatic heterocycles. The molecule has 2 aliphatic heterocycles. The predicted octanol–water partition coefficient (Wildman–Crippen LogP) is 3.00. The molecular weight excluding hydrogens is 264 g/mol. The molecule has 4 heteroatoms. The summed E-state index contributed by atoms with van der Waals surface area (Å²) in [5.41, 5.74) is 9.11. The molecule has 0 saturated carbocycles. The van der Waals surface area contributed by atoms with Crippen molar-refractivity contribution in [1.82, 2.24) is 4.90 Å². The van der Waals surface area contributed by atoms with Gasteiger partial charge < -0.3 is 15.2 Å². The van der Waals surface area contributed by atoms with Crippen molar-refractivity contribution in [2.45, 2.75) is 46.4 Å². The fourth-order valence-corrected chi connectivity index (χ4v) is 3.70. The van der Waals surface area contributed by atoms with Crippen molar-refractivity contribution in [3.63, 3.8) is 0 Å². The fraction of sp³-hybridized carbons (Fsp3) is 0.647. The lowest BCUT2D eigenvalue weighted by molar-refractivity contribution is -0.0181. The topological polar surface area (TPSA) is 47.7 Å². The molecule has 2 heterocycles. The lowest BCUT2D eigenvalue weighted by atomic mass is 9.85. The molecule has 2 aliphatic rings. The summed E-state index contributed by atoms with van der Waals surface area (Å²) < 4.78 is 11.1. The van der Waals surface area contributed by atoms with Crippen LogP contribution in [0.4, 0.5) is 5.69 Å². The van der Waals surface area contributed by atoms with Crippen LogP contribution in [0.3, 0.4) is 0 Å². The number of nitrogen functional groups attached to an aromatic ring is 1. The summed E-state index contributed by atoms with van der Waals surface area (Å²) in [4.78, 5) is 2.56. The minimum atomic E-state index is 0.340. The van der Waals surface area contributed by atoms with E-state index in [9.17, 15) is 0 Å². The summed E-state index contributed by atoms with van der Waals surface area (Å²) >= 11 is 0. The standard InChI is InChI=1S/C17H26N2O2/c1-11-4-12(2)13(3)19(7-11)8-14-5-16(18)6-15-9-20-10-21-17(14)15/h5-6,11-13H,4,7-10,18H2,1-3H3. The molecular formula is C17H26N2O2. The number of benzene rings is 1. The molecule has 0 radical (unpaired) electrons. The highest BCUT2D eigenvalue weighted by molar-refractivity contribution is 5.53.